The van der Waals surface area contributed by atoms with Crippen LogP contribution in [0, 0.1) is 6.92 Å². The average Bonchev–Trinajstić information content (AvgIpc) is 2.31. The number of hydrogen-bond acceptors (Lipinski definition) is 2. The van der Waals surface area contributed by atoms with E-state index in [9.17, 15) is 0 Å². The Hall–Kier alpha value is -1.83. The third-order valence-electron chi connectivity index (χ3n) is 2.41. The van der Waals surface area contributed by atoms with Crippen LogP contribution in [0.1, 0.15) is 12.5 Å². The van der Waals surface area contributed by atoms with Gasteiger partial charge in [-0.25, -0.2) is 0 Å². The molecule has 0 atom stereocenters. The van der Waals surface area contributed by atoms with Crippen molar-refractivity contribution < 1.29 is 4.74 Å². The average molecular weight is 213 g/mol. The minimum atomic E-state index is 0.666. The van der Waals surface area contributed by atoms with E-state index in [-0.39, 0.29) is 0 Å². The second-order valence-corrected chi connectivity index (χ2v) is 3.71. The minimum absolute atomic E-state index is 0.666. The van der Waals surface area contributed by atoms with Gasteiger partial charge in [0.05, 0.1) is 12.8 Å². The van der Waals surface area contributed by atoms with E-state index in [1.807, 2.05) is 19.2 Å². The Bertz CT molecular complexity index is 462. The van der Waals surface area contributed by atoms with Gasteiger partial charge in [0.1, 0.15) is 5.75 Å². The van der Waals surface area contributed by atoms with Gasteiger partial charge in [0.15, 0.2) is 0 Å². The van der Waals surface area contributed by atoms with Gasteiger partial charge in [0, 0.05) is 11.8 Å². The largest absolute Gasteiger partial charge is 0.492 e. The van der Waals surface area contributed by atoms with Crippen LogP contribution in [0.25, 0.3) is 11.1 Å². The summed E-state index contributed by atoms with van der Waals surface area (Å²) in [7, 11) is 0. The highest BCUT2D eigenvalue weighted by Crippen LogP contribution is 2.22. The van der Waals surface area contributed by atoms with Gasteiger partial charge in [-0.3, -0.25) is 4.98 Å². The van der Waals surface area contributed by atoms with E-state index in [2.05, 4.69) is 36.2 Å². The van der Waals surface area contributed by atoms with E-state index >= 15 is 0 Å². The van der Waals surface area contributed by atoms with Crippen molar-refractivity contribution in [2.45, 2.75) is 13.8 Å². The summed E-state index contributed by atoms with van der Waals surface area (Å²) in [5, 5.41) is 0. The lowest BCUT2D eigenvalue weighted by molar-refractivity contribution is 0.339. The summed E-state index contributed by atoms with van der Waals surface area (Å²) in [4.78, 5) is 4.18. The van der Waals surface area contributed by atoms with Crippen molar-refractivity contribution >= 4 is 0 Å². The molecule has 82 valence electrons. The number of aryl methyl sites for hydroxylation is 1. The second-order valence-electron chi connectivity index (χ2n) is 3.71. The molecule has 16 heavy (non-hydrogen) atoms. The van der Waals surface area contributed by atoms with Crippen molar-refractivity contribution in [3.63, 3.8) is 0 Å². The fourth-order valence-corrected chi connectivity index (χ4v) is 1.57. The molecule has 0 N–H and O–H groups in total. The fourth-order valence-electron chi connectivity index (χ4n) is 1.57. The van der Waals surface area contributed by atoms with Crippen molar-refractivity contribution in [1.29, 1.82) is 0 Å². The minimum Gasteiger partial charge on any atom is -0.492 e. The van der Waals surface area contributed by atoms with Crippen LogP contribution in [-0.4, -0.2) is 11.6 Å². The van der Waals surface area contributed by atoms with Crippen LogP contribution in [-0.2, 0) is 0 Å². The van der Waals surface area contributed by atoms with Crippen LogP contribution in [0.2, 0.25) is 0 Å². The molecule has 0 saturated carbocycles. The van der Waals surface area contributed by atoms with E-state index in [1.54, 1.807) is 6.20 Å². The van der Waals surface area contributed by atoms with Crippen LogP contribution in [0.3, 0.4) is 0 Å². The maximum absolute atomic E-state index is 5.43. The number of pyridine rings is 1. The highest BCUT2D eigenvalue weighted by atomic mass is 16.5. The third-order valence-corrected chi connectivity index (χ3v) is 2.41. The number of aromatic nitrogens is 1. The lowest BCUT2D eigenvalue weighted by Gasteiger charge is -2.05. The molecule has 2 nitrogen and oxygen atoms in total. The third kappa shape index (κ3) is 2.40. The molecule has 2 rings (SSSR count). The van der Waals surface area contributed by atoms with Gasteiger partial charge in [-0.05, 0) is 25.5 Å². The van der Waals surface area contributed by atoms with E-state index in [1.165, 1.54) is 11.1 Å². The van der Waals surface area contributed by atoms with E-state index in [0.717, 1.165) is 11.3 Å². The lowest BCUT2D eigenvalue weighted by atomic mass is 10.1. The van der Waals surface area contributed by atoms with E-state index < -0.39 is 0 Å². The predicted octanol–water partition coefficient (Wildman–Crippen LogP) is 3.46. The molecule has 0 fully saturated rings. The summed E-state index contributed by atoms with van der Waals surface area (Å²) in [6.45, 7) is 4.72. The maximum Gasteiger partial charge on any atom is 0.138 e. The molecule has 2 heteroatoms. The van der Waals surface area contributed by atoms with Gasteiger partial charge in [-0.15, -0.1) is 0 Å². The molecule has 0 amide bonds. The standard InChI is InChI=1S/C14H15NO/c1-3-16-14-8-13(9-15-10-14)12-6-4-11(2)5-7-12/h4-10H,3H2,1-2H3. The van der Waals surface area contributed by atoms with Crippen LogP contribution >= 0.6 is 0 Å². The molecule has 0 aliphatic heterocycles. The van der Waals surface area contributed by atoms with Crippen molar-refractivity contribution in [2.24, 2.45) is 0 Å². The lowest BCUT2D eigenvalue weighted by Crippen LogP contribution is -1.92. The van der Waals surface area contributed by atoms with Crippen molar-refractivity contribution in [1.82, 2.24) is 4.98 Å². The van der Waals surface area contributed by atoms with Gasteiger partial charge in [-0.1, -0.05) is 29.8 Å². The Balaban J connectivity index is 2.32. The highest BCUT2D eigenvalue weighted by molar-refractivity contribution is 5.64. The van der Waals surface area contributed by atoms with Crippen molar-refractivity contribution in [3.05, 3.63) is 48.3 Å². The highest BCUT2D eigenvalue weighted by Gasteiger charge is 2.00. The monoisotopic (exact) mass is 213 g/mol. The number of rotatable bonds is 3. The zero-order valence-corrected chi connectivity index (χ0v) is 9.60. The molecule has 0 saturated heterocycles. The van der Waals surface area contributed by atoms with Crippen LogP contribution < -0.4 is 4.74 Å². The van der Waals surface area contributed by atoms with E-state index in [4.69, 9.17) is 4.74 Å². The van der Waals surface area contributed by atoms with Gasteiger partial charge in [0.2, 0.25) is 0 Å². The zero-order valence-electron chi connectivity index (χ0n) is 9.60. The summed E-state index contributed by atoms with van der Waals surface area (Å²) >= 11 is 0. The topological polar surface area (TPSA) is 22.1 Å². The Morgan fingerprint density at radius 1 is 1.06 bits per heavy atom. The molecule has 2 aromatic rings. The molecule has 0 aliphatic carbocycles. The Kier molecular flexibility index (Phi) is 3.20. The molecular formula is C14H15NO. The molecule has 0 aliphatic rings. The van der Waals surface area contributed by atoms with Gasteiger partial charge in [0.25, 0.3) is 0 Å². The van der Waals surface area contributed by atoms with Crippen molar-refractivity contribution in [2.75, 3.05) is 6.61 Å². The van der Waals surface area contributed by atoms with Crippen LogP contribution in [0.15, 0.2) is 42.7 Å². The normalized spacial score (nSPS) is 10.1. The van der Waals surface area contributed by atoms with Gasteiger partial charge >= 0.3 is 0 Å². The van der Waals surface area contributed by atoms with Gasteiger partial charge in [-0.2, -0.15) is 0 Å². The number of nitrogens with zero attached hydrogens (tertiary/aromatic N) is 1. The first-order valence-corrected chi connectivity index (χ1v) is 5.44. The smallest absolute Gasteiger partial charge is 0.138 e. The number of benzene rings is 1. The Labute approximate surface area is 95.9 Å². The fraction of sp³-hybridized carbons (Fsp3) is 0.214. The summed E-state index contributed by atoms with van der Waals surface area (Å²) in [6, 6.07) is 10.4. The Morgan fingerprint density at radius 2 is 1.81 bits per heavy atom. The molecule has 1 aromatic carbocycles. The maximum atomic E-state index is 5.43. The molecule has 0 unspecified atom stereocenters. The molecular weight excluding hydrogens is 198 g/mol. The summed E-state index contributed by atoms with van der Waals surface area (Å²) in [6.07, 6.45) is 3.59. The predicted molar refractivity (Wildman–Crippen MR) is 65.6 cm³/mol. The second kappa shape index (κ2) is 4.79. The molecule has 1 heterocycles. The summed E-state index contributed by atoms with van der Waals surface area (Å²) < 4.78 is 5.43. The SMILES string of the molecule is CCOc1cncc(-c2ccc(C)cc2)c1. The van der Waals surface area contributed by atoms with Crippen LogP contribution in [0.5, 0.6) is 5.75 Å². The van der Waals surface area contributed by atoms with E-state index in [0.29, 0.717) is 6.61 Å². The summed E-state index contributed by atoms with van der Waals surface area (Å²) in [5.74, 6) is 0.820. The molecule has 1 aromatic heterocycles. The first kappa shape index (κ1) is 10.7. The first-order chi connectivity index (χ1) is 7.79. The molecule has 0 spiro atoms. The number of ether oxygens (including phenoxy) is 1. The molecule has 0 bridgehead atoms. The van der Waals surface area contributed by atoms with Gasteiger partial charge < -0.3 is 4.74 Å². The quantitative estimate of drug-likeness (QED) is 0.779. The number of hydrogen-bond donors (Lipinski definition) is 0. The first-order valence-electron chi connectivity index (χ1n) is 5.44. The zero-order chi connectivity index (χ0) is 11.4. The van der Waals surface area contributed by atoms with Crippen LogP contribution in [0.4, 0.5) is 0 Å². The Morgan fingerprint density at radius 3 is 2.50 bits per heavy atom. The van der Waals surface area contributed by atoms with Crippen molar-refractivity contribution in [3.8, 4) is 16.9 Å². The summed E-state index contributed by atoms with van der Waals surface area (Å²) in [5.41, 5.74) is 3.52. The molecule has 0 radical (unpaired) electrons.